The molecule has 2 heterocycles. The van der Waals surface area contributed by atoms with E-state index in [-0.39, 0.29) is 17.5 Å². The topological polar surface area (TPSA) is 45.5 Å². The van der Waals surface area contributed by atoms with Crippen LogP contribution in [0.3, 0.4) is 0 Å². The molecule has 3 rings (SSSR count). The minimum absolute atomic E-state index is 0.216. The maximum atomic E-state index is 13.0. The number of hydrogen-bond acceptors (Lipinski definition) is 3. The third kappa shape index (κ3) is 4.69. The zero-order valence-electron chi connectivity index (χ0n) is 14.8. The van der Waals surface area contributed by atoms with Crippen LogP contribution < -0.4 is 5.32 Å². The lowest BCUT2D eigenvalue weighted by molar-refractivity contribution is 0.0910. The second kappa shape index (κ2) is 7.83. The molecule has 0 radical (unpaired) electrons. The van der Waals surface area contributed by atoms with E-state index in [1.165, 1.54) is 18.6 Å². The van der Waals surface area contributed by atoms with Crippen molar-refractivity contribution in [3.05, 3.63) is 48.0 Å². The first kappa shape index (κ1) is 17.7. The molecule has 2 aromatic rings. The Kier molecular flexibility index (Phi) is 5.53. The van der Waals surface area contributed by atoms with E-state index in [0.717, 1.165) is 25.2 Å². The van der Waals surface area contributed by atoms with E-state index in [1.807, 2.05) is 0 Å². The first-order valence-corrected chi connectivity index (χ1v) is 8.87. The van der Waals surface area contributed by atoms with Crippen LogP contribution in [0.1, 0.15) is 30.8 Å². The zero-order valence-corrected chi connectivity index (χ0v) is 14.8. The van der Waals surface area contributed by atoms with Crippen LogP contribution in [0.5, 0.6) is 0 Å². The Morgan fingerprint density at radius 3 is 2.52 bits per heavy atom. The summed E-state index contributed by atoms with van der Waals surface area (Å²) in [6.07, 6.45) is 1.28. The minimum Gasteiger partial charge on any atom is -0.451 e. The molecule has 1 aromatic carbocycles. The number of piperidine rings is 1. The van der Waals surface area contributed by atoms with E-state index in [4.69, 9.17) is 4.42 Å². The highest BCUT2D eigenvalue weighted by Crippen LogP contribution is 2.22. The quantitative estimate of drug-likeness (QED) is 0.897. The molecule has 1 saturated heterocycles. The van der Waals surface area contributed by atoms with Gasteiger partial charge in [0.05, 0.1) is 0 Å². The number of nitrogens with zero attached hydrogens (tertiary/aromatic N) is 1. The molecule has 25 heavy (non-hydrogen) atoms. The molecule has 0 saturated carbocycles. The number of carbonyl (C=O) groups excluding carboxylic acids is 1. The highest BCUT2D eigenvalue weighted by atomic mass is 19.1. The fraction of sp³-hybridized carbons (Fsp3) is 0.450. The van der Waals surface area contributed by atoms with Crippen LogP contribution in [0.25, 0.3) is 11.3 Å². The molecule has 1 aliphatic rings. The van der Waals surface area contributed by atoms with Crippen LogP contribution in [-0.4, -0.2) is 37.0 Å². The van der Waals surface area contributed by atoms with Gasteiger partial charge in [0, 0.05) is 31.7 Å². The monoisotopic (exact) mass is 344 g/mol. The fourth-order valence-corrected chi connectivity index (χ4v) is 3.62. The van der Waals surface area contributed by atoms with Crippen LogP contribution in [0.2, 0.25) is 0 Å². The molecule has 1 N–H and O–H groups in total. The fourth-order valence-electron chi connectivity index (χ4n) is 3.62. The van der Waals surface area contributed by atoms with Gasteiger partial charge in [0.1, 0.15) is 11.6 Å². The molecule has 1 fully saturated rings. The maximum Gasteiger partial charge on any atom is 0.287 e. The van der Waals surface area contributed by atoms with Gasteiger partial charge in [-0.15, -0.1) is 0 Å². The lowest BCUT2D eigenvalue weighted by Crippen LogP contribution is -2.42. The van der Waals surface area contributed by atoms with E-state index < -0.39 is 0 Å². The van der Waals surface area contributed by atoms with Crippen molar-refractivity contribution in [2.75, 3.05) is 26.2 Å². The highest BCUT2D eigenvalue weighted by Gasteiger charge is 2.21. The molecule has 5 heteroatoms. The van der Waals surface area contributed by atoms with E-state index in [9.17, 15) is 9.18 Å². The molecule has 4 nitrogen and oxygen atoms in total. The molecule has 0 bridgehead atoms. The number of furan rings is 1. The summed E-state index contributed by atoms with van der Waals surface area (Å²) in [6, 6.07) is 9.40. The Labute approximate surface area is 148 Å². The van der Waals surface area contributed by atoms with E-state index in [0.29, 0.717) is 24.1 Å². The minimum atomic E-state index is -0.297. The van der Waals surface area contributed by atoms with Gasteiger partial charge in [0.2, 0.25) is 0 Å². The summed E-state index contributed by atoms with van der Waals surface area (Å²) in [5.41, 5.74) is 0.747. The largest absolute Gasteiger partial charge is 0.451 e. The summed E-state index contributed by atoms with van der Waals surface area (Å²) in [7, 11) is 0. The number of likely N-dealkylation sites (tertiary alicyclic amines) is 1. The van der Waals surface area contributed by atoms with E-state index in [2.05, 4.69) is 24.1 Å². The van der Waals surface area contributed by atoms with Gasteiger partial charge in [0.15, 0.2) is 5.76 Å². The zero-order chi connectivity index (χ0) is 17.8. The second-order valence-corrected chi connectivity index (χ2v) is 7.13. The smallest absolute Gasteiger partial charge is 0.287 e. The number of halogens is 1. The van der Waals surface area contributed by atoms with Gasteiger partial charge in [-0.3, -0.25) is 4.79 Å². The first-order chi connectivity index (χ1) is 12.0. The molecule has 1 aromatic heterocycles. The van der Waals surface area contributed by atoms with Crippen molar-refractivity contribution in [3.63, 3.8) is 0 Å². The van der Waals surface area contributed by atoms with Crippen molar-refractivity contribution >= 4 is 5.91 Å². The highest BCUT2D eigenvalue weighted by molar-refractivity contribution is 5.92. The van der Waals surface area contributed by atoms with Gasteiger partial charge >= 0.3 is 0 Å². The van der Waals surface area contributed by atoms with Crippen molar-refractivity contribution < 1.29 is 13.6 Å². The molecule has 0 aliphatic carbocycles. The van der Waals surface area contributed by atoms with Crippen LogP contribution in [0.4, 0.5) is 4.39 Å². The third-order valence-corrected chi connectivity index (χ3v) is 4.62. The van der Waals surface area contributed by atoms with Crippen LogP contribution >= 0.6 is 0 Å². The molecular formula is C20H25FN2O2. The second-order valence-electron chi connectivity index (χ2n) is 7.13. The third-order valence-electron chi connectivity index (χ3n) is 4.62. The number of carbonyl (C=O) groups is 1. The van der Waals surface area contributed by atoms with E-state index >= 15 is 0 Å². The number of hydrogen-bond donors (Lipinski definition) is 1. The molecule has 1 aliphatic heterocycles. The molecular weight excluding hydrogens is 319 g/mol. The van der Waals surface area contributed by atoms with Crippen LogP contribution in [0, 0.1) is 17.7 Å². The van der Waals surface area contributed by atoms with Crippen LogP contribution in [-0.2, 0) is 0 Å². The Bertz CT molecular complexity index is 701. The van der Waals surface area contributed by atoms with E-state index in [1.54, 1.807) is 24.3 Å². The van der Waals surface area contributed by atoms with Gasteiger partial charge < -0.3 is 14.6 Å². The predicted molar refractivity (Wildman–Crippen MR) is 95.8 cm³/mol. The van der Waals surface area contributed by atoms with Gasteiger partial charge in [-0.2, -0.15) is 0 Å². The maximum absolute atomic E-state index is 13.0. The molecule has 134 valence electrons. The Hall–Kier alpha value is -2.14. The molecule has 2 unspecified atom stereocenters. The summed E-state index contributed by atoms with van der Waals surface area (Å²) >= 11 is 0. The standard InChI is InChI=1S/C20H25FN2O2/c1-14-11-15(2)13-23(12-14)10-9-22-20(24)19-8-7-18(25-19)16-3-5-17(21)6-4-16/h3-8,14-15H,9-13H2,1-2H3,(H,22,24). The molecule has 2 atom stereocenters. The summed E-state index contributed by atoms with van der Waals surface area (Å²) < 4.78 is 18.6. The number of amides is 1. The lowest BCUT2D eigenvalue weighted by Gasteiger charge is -2.34. The van der Waals surface area contributed by atoms with Crippen molar-refractivity contribution in [2.24, 2.45) is 11.8 Å². The average Bonchev–Trinajstić information content (AvgIpc) is 3.04. The summed E-state index contributed by atoms with van der Waals surface area (Å²) in [5.74, 6) is 1.75. The van der Waals surface area contributed by atoms with Gasteiger partial charge in [0.25, 0.3) is 5.91 Å². The van der Waals surface area contributed by atoms with Gasteiger partial charge in [-0.05, 0) is 54.7 Å². The number of benzene rings is 1. The predicted octanol–water partition coefficient (Wildman–Crippen LogP) is 3.79. The average molecular weight is 344 g/mol. The summed E-state index contributed by atoms with van der Waals surface area (Å²) in [6.45, 7) is 8.20. The van der Waals surface area contributed by atoms with Crippen molar-refractivity contribution in [2.45, 2.75) is 20.3 Å². The first-order valence-electron chi connectivity index (χ1n) is 8.87. The van der Waals surface area contributed by atoms with Gasteiger partial charge in [-0.1, -0.05) is 13.8 Å². The Morgan fingerprint density at radius 1 is 1.16 bits per heavy atom. The molecule has 0 spiro atoms. The Morgan fingerprint density at radius 2 is 1.84 bits per heavy atom. The van der Waals surface area contributed by atoms with Crippen LogP contribution in [0.15, 0.2) is 40.8 Å². The molecule has 1 amide bonds. The Balaban J connectivity index is 1.51. The normalized spacial score (nSPS) is 21.2. The number of nitrogens with one attached hydrogen (secondary N) is 1. The van der Waals surface area contributed by atoms with Crippen molar-refractivity contribution in [3.8, 4) is 11.3 Å². The summed E-state index contributed by atoms with van der Waals surface area (Å²) in [4.78, 5) is 14.6. The lowest BCUT2D eigenvalue weighted by atomic mass is 9.92. The van der Waals surface area contributed by atoms with Crippen molar-refractivity contribution in [1.29, 1.82) is 0 Å². The van der Waals surface area contributed by atoms with Gasteiger partial charge in [-0.25, -0.2) is 4.39 Å². The SMILES string of the molecule is CC1CC(C)CN(CCNC(=O)c2ccc(-c3ccc(F)cc3)o2)C1. The van der Waals surface area contributed by atoms with Crippen molar-refractivity contribution in [1.82, 2.24) is 10.2 Å². The summed E-state index contributed by atoms with van der Waals surface area (Å²) in [5, 5.41) is 2.92. The number of rotatable bonds is 5.